The summed E-state index contributed by atoms with van der Waals surface area (Å²) in [6.45, 7) is 0. The minimum absolute atomic E-state index is 0.286. The average Bonchev–Trinajstić information content (AvgIpc) is 3.41. The van der Waals surface area contributed by atoms with Gasteiger partial charge in [0.25, 0.3) is 0 Å². The molecule has 0 spiro atoms. The maximum absolute atomic E-state index is 3.79. The molecule has 1 nitrogen and oxygen atoms in total. The Labute approximate surface area is 259 Å². The number of rotatable bonds is 6. The summed E-state index contributed by atoms with van der Waals surface area (Å²) in [7, 11) is 0. The highest BCUT2D eigenvalue weighted by atomic mass is 14.9. The highest BCUT2D eigenvalue weighted by Gasteiger charge is 2.45. The Morgan fingerprint density at radius 3 is 1.70 bits per heavy atom. The van der Waals surface area contributed by atoms with Crippen molar-refractivity contribution in [3.05, 3.63) is 209 Å². The fraction of sp³-hybridized carbons (Fsp3) is 0.0698. The first-order valence-electron chi connectivity index (χ1n) is 15.5. The van der Waals surface area contributed by atoms with Crippen LogP contribution in [0.1, 0.15) is 40.2 Å². The summed E-state index contributed by atoms with van der Waals surface area (Å²) in [5.41, 5.74) is 13.6. The van der Waals surface area contributed by atoms with Crippen molar-refractivity contribution in [2.24, 2.45) is 0 Å². The predicted molar refractivity (Wildman–Crippen MR) is 184 cm³/mol. The third-order valence-corrected chi connectivity index (χ3v) is 9.34. The molecule has 0 fully saturated rings. The molecule has 0 radical (unpaired) electrons. The first-order valence-corrected chi connectivity index (χ1v) is 15.5. The molecule has 1 atom stereocenters. The molecular weight excluding hydrogens is 530 g/mol. The van der Waals surface area contributed by atoms with Crippen LogP contribution in [-0.4, -0.2) is 0 Å². The smallest absolute Gasteiger partial charge is 0.0713 e. The van der Waals surface area contributed by atoms with Gasteiger partial charge in [-0.05, 0) is 74.7 Å². The van der Waals surface area contributed by atoms with Crippen molar-refractivity contribution in [3.63, 3.8) is 0 Å². The molecule has 2 aliphatic rings. The van der Waals surface area contributed by atoms with E-state index in [9.17, 15) is 0 Å². The zero-order valence-corrected chi connectivity index (χ0v) is 24.5. The Morgan fingerprint density at radius 2 is 1.05 bits per heavy atom. The Hall–Kier alpha value is -5.40. The van der Waals surface area contributed by atoms with E-state index in [0.717, 1.165) is 12.1 Å². The third-order valence-electron chi connectivity index (χ3n) is 9.34. The van der Waals surface area contributed by atoms with Crippen molar-refractivity contribution in [2.75, 3.05) is 5.32 Å². The van der Waals surface area contributed by atoms with E-state index in [1.54, 1.807) is 0 Å². The molecule has 2 aliphatic carbocycles. The second-order valence-corrected chi connectivity index (χ2v) is 11.7. The molecule has 0 aliphatic heterocycles. The van der Waals surface area contributed by atoms with E-state index in [4.69, 9.17) is 0 Å². The van der Waals surface area contributed by atoms with E-state index in [-0.39, 0.29) is 11.3 Å². The van der Waals surface area contributed by atoms with Crippen LogP contribution in [0, 0.1) is 0 Å². The average molecular weight is 564 g/mol. The normalized spacial score (nSPS) is 16.1. The van der Waals surface area contributed by atoms with Crippen molar-refractivity contribution in [3.8, 4) is 22.3 Å². The zero-order chi connectivity index (χ0) is 29.3. The first kappa shape index (κ1) is 26.2. The van der Waals surface area contributed by atoms with E-state index >= 15 is 0 Å². The Bertz CT molecular complexity index is 1940. The molecule has 6 aromatic rings. The van der Waals surface area contributed by atoms with E-state index in [1.807, 2.05) is 0 Å². The lowest BCUT2D eigenvalue weighted by Crippen LogP contribution is -2.28. The van der Waals surface area contributed by atoms with Crippen molar-refractivity contribution >= 4 is 5.69 Å². The number of hydrogen-bond donors (Lipinski definition) is 1. The Balaban J connectivity index is 1.14. The van der Waals surface area contributed by atoms with Crippen LogP contribution in [0.4, 0.5) is 5.69 Å². The highest BCUT2D eigenvalue weighted by molar-refractivity contribution is 5.86. The molecule has 0 heterocycles. The molecular formula is C43H33N. The van der Waals surface area contributed by atoms with Gasteiger partial charge in [-0.1, -0.05) is 158 Å². The number of fused-ring (bicyclic) bond motifs is 3. The molecule has 1 unspecified atom stereocenters. The lowest BCUT2D eigenvalue weighted by atomic mass is 9.68. The van der Waals surface area contributed by atoms with Gasteiger partial charge in [-0.2, -0.15) is 0 Å². The van der Waals surface area contributed by atoms with Crippen molar-refractivity contribution in [1.82, 2.24) is 0 Å². The van der Waals surface area contributed by atoms with Gasteiger partial charge in [-0.25, -0.2) is 0 Å². The quantitative estimate of drug-likeness (QED) is 0.212. The Morgan fingerprint density at radius 1 is 0.500 bits per heavy atom. The van der Waals surface area contributed by atoms with Gasteiger partial charge in [0.2, 0.25) is 0 Å². The maximum Gasteiger partial charge on any atom is 0.0713 e. The van der Waals surface area contributed by atoms with Gasteiger partial charge in [-0.3, -0.25) is 0 Å². The number of benzene rings is 6. The topological polar surface area (TPSA) is 12.0 Å². The fourth-order valence-electron chi connectivity index (χ4n) is 7.29. The van der Waals surface area contributed by atoms with Gasteiger partial charge in [0.05, 0.1) is 5.41 Å². The van der Waals surface area contributed by atoms with Gasteiger partial charge >= 0.3 is 0 Å². The molecule has 1 N–H and O–H groups in total. The summed E-state index contributed by atoms with van der Waals surface area (Å²) in [5.74, 6) is 0.286. The van der Waals surface area contributed by atoms with E-state index < -0.39 is 0 Å². The van der Waals surface area contributed by atoms with Crippen LogP contribution in [0.3, 0.4) is 0 Å². The molecule has 0 bridgehead atoms. The minimum Gasteiger partial charge on any atom is -0.358 e. The summed E-state index contributed by atoms with van der Waals surface area (Å²) in [4.78, 5) is 0. The summed E-state index contributed by atoms with van der Waals surface area (Å²) >= 11 is 0. The lowest BCUT2D eigenvalue weighted by molar-refractivity contribution is 0.768. The lowest BCUT2D eigenvalue weighted by Gasteiger charge is -2.34. The maximum atomic E-state index is 3.79. The van der Waals surface area contributed by atoms with Crippen LogP contribution in [0.5, 0.6) is 0 Å². The SMILES string of the molecule is C1=CCC(c2ccc(-c3ccccc3)cc2)C(Nc2ccc(C3(c4ccccc4)c4ccccc4-c4ccccc43)cc2)=C1. The van der Waals surface area contributed by atoms with Gasteiger partial charge in [0.1, 0.15) is 0 Å². The highest BCUT2D eigenvalue weighted by Crippen LogP contribution is 2.56. The predicted octanol–water partition coefficient (Wildman–Crippen LogP) is 10.8. The van der Waals surface area contributed by atoms with Crippen LogP contribution in [0.2, 0.25) is 0 Å². The summed E-state index contributed by atoms with van der Waals surface area (Å²) in [6.07, 6.45) is 7.64. The fourth-order valence-corrected chi connectivity index (χ4v) is 7.29. The molecule has 1 heteroatoms. The van der Waals surface area contributed by atoms with E-state index in [1.165, 1.54) is 55.8 Å². The monoisotopic (exact) mass is 563 g/mol. The molecule has 210 valence electrons. The second kappa shape index (κ2) is 11.0. The van der Waals surface area contributed by atoms with Crippen molar-refractivity contribution in [1.29, 1.82) is 0 Å². The van der Waals surface area contributed by atoms with Gasteiger partial charge in [0.15, 0.2) is 0 Å². The molecule has 0 amide bonds. The van der Waals surface area contributed by atoms with Crippen molar-refractivity contribution < 1.29 is 0 Å². The number of anilines is 1. The van der Waals surface area contributed by atoms with E-state index in [2.05, 4.69) is 181 Å². The van der Waals surface area contributed by atoms with Gasteiger partial charge in [-0.15, -0.1) is 0 Å². The first-order chi connectivity index (χ1) is 21.8. The number of allylic oxidation sites excluding steroid dienone is 4. The van der Waals surface area contributed by atoms with Crippen molar-refractivity contribution in [2.45, 2.75) is 17.8 Å². The van der Waals surface area contributed by atoms with Crippen LogP contribution < -0.4 is 5.32 Å². The second-order valence-electron chi connectivity index (χ2n) is 11.7. The molecule has 6 aromatic carbocycles. The van der Waals surface area contributed by atoms with Gasteiger partial charge < -0.3 is 5.32 Å². The molecule has 0 saturated carbocycles. The minimum atomic E-state index is -0.372. The third kappa shape index (κ3) is 4.32. The summed E-state index contributed by atoms with van der Waals surface area (Å²) in [5, 5.41) is 3.79. The summed E-state index contributed by atoms with van der Waals surface area (Å²) in [6, 6.07) is 57.6. The molecule has 0 aromatic heterocycles. The largest absolute Gasteiger partial charge is 0.358 e. The number of nitrogens with one attached hydrogen (secondary N) is 1. The van der Waals surface area contributed by atoms with Crippen LogP contribution >= 0.6 is 0 Å². The van der Waals surface area contributed by atoms with Crippen LogP contribution in [0.25, 0.3) is 22.3 Å². The van der Waals surface area contributed by atoms with Gasteiger partial charge in [0, 0.05) is 17.3 Å². The van der Waals surface area contributed by atoms with E-state index in [0.29, 0.717) is 0 Å². The zero-order valence-electron chi connectivity index (χ0n) is 24.5. The Kier molecular flexibility index (Phi) is 6.57. The standard InChI is InChI=1S/C43H33N/c1-3-13-31(14-4-1)32-23-25-33(26-24-32)37-17-9-12-22-42(37)44-36-29-27-35(28-30-36)43(34-15-5-2-6-16-34)40-20-10-7-18-38(40)39-19-8-11-21-41(39)43/h1-16,18-30,37,44H,17H2. The summed E-state index contributed by atoms with van der Waals surface area (Å²) < 4.78 is 0. The molecule has 0 saturated heterocycles. The molecule has 44 heavy (non-hydrogen) atoms. The van der Waals surface area contributed by atoms with Crippen LogP contribution in [-0.2, 0) is 5.41 Å². The molecule has 8 rings (SSSR count). The van der Waals surface area contributed by atoms with Crippen LogP contribution in [0.15, 0.2) is 182 Å². The number of hydrogen-bond acceptors (Lipinski definition) is 1.